The molecule has 0 radical (unpaired) electrons. The molecule has 2 heterocycles. The molecule has 90 valence electrons. The Labute approximate surface area is 94.0 Å². The van der Waals surface area contributed by atoms with Crippen molar-refractivity contribution < 1.29 is 14.4 Å². The van der Waals surface area contributed by atoms with E-state index >= 15 is 0 Å². The molecule has 1 fully saturated rings. The first-order valence-electron chi connectivity index (χ1n) is 5.50. The molecule has 1 aliphatic heterocycles. The second-order valence-electron chi connectivity index (χ2n) is 4.04. The van der Waals surface area contributed by atoms with E-state index < -0.39 is 5.60 Å². The number of ether oxygens (including phenoxy) is 1. The lowest BCUT2D eigenvalue weighted by atomic mass is 9.92. The van der Waals surface area contributed by atoms with E-state index in [0.29, 0.717) is 37.6 Å². The summed E-state index contributed by atoms with van der Waals surface area (Å²) in [6.45, 7) is 2.09. The summed E-state index contributed by atoms with van der Waals surface area (Å²) in [5.74, 6) is 0.920. The van der Waals surface area contributed by atoms with Gasteiger partial charge in [-0.05, 0) is 25.9 Å². The lowest BCUT2D eigenvalue weighted by Crippen LogP contribution is -2.39. The highest BCUT2D eigenvalue weighted by Gasteiger charge is 2.36. The van der Waals surface area contributed by atoms with Crippen LogP contribution in [0.2, 0.25) is 0 Å². The fraction of sp³-hybridized carbons (Fsp3) is 0.800. The van der Waals surface area contributed by atoms with E-state index in [1.54, 1.807) is 7.11 Å². The van der Waals surface area contributed by atoms with Crippen molar-refractivity contribution in [2.45, 2.75) is 24.9 Å². The Hall–Kier alpha value is -0.980. The van der Waals surface area contributed by atoms with Crippen LogP contribution >= 0.6 is 0 Å². The van der Waals surface area contributed by atoms with Gasteiger partial charge in [-0.3, -0.25) is 0 Å². The minimum absolute atomic E-state index is 0.333. The van der Waals surface area contributed by atoms with Gasteiger partial charge in [0.15, 0.2) is 5.82 Å². The molecule has 0 aliphatic carbocycles. The Morgan fingerprint density at radius 2 is 2.25 bits per heavy atom. The standard InChI is InChI=1S/C10H17N3O3/c1-15-7-2-8-12-9(16-13-8)10(14)3-5-11-6-4-10/h11,14H,2-7H2,1H3. The Balaban J connectivity index is 2.05. The maximum atomic E-state index is 10.3. The van der Waals surface area contributed by atoms with Crippen LogP contribution in [0.15, 0.2) is 4.52 Å². The highest BCUT2D eigenvalue weighted by Crippen LogP contribution is 2.28. The summed E-state index contributed by atoms with van der Waals surface area (Å²) in [4.78, 5) is 4.21. The van der Waals surface area contributed by atoms with Crippen LogP contribution in [-0.4, -0.2) is 42.1 Å². The van der Waals surface area contributed by atoms with E-state index in [4.69, 9.17) is 9.26 Å². The van der Waals surface area contributed by atoms with Crippen LogP contribution in [0.3, 0.4) is 0 Å². The van der Waals surface area contributed by atoms with Gasteiger partial charge < -0.3 is 19.7 Å². The highest BCUT2D eigenvalue weighted by atomic mass is 16.5. The summed E-state index contributed by atoms with van der Waals surface area (Å²) in [7, 11) is 1.63. The molecule has 0 spiro atoms. The molecule has 16 heavy (non-hydrogen) atoms. The molecular formula is C10H17N3O3. The Bertz CT molecular complexity index is 334. The van der Waals surface area contributed by atoms with Gasteiger partial charge in [-0.2, -0.15) is 4.98 Å². The maximum absolute atomic E-state index is 10.3. The number of aromatic nitrogens is 2. The number of hydrogen-bond donors (Lipinski definition) is 2. The van der Waals surface area contributed by atoms with Crippen molar-refractivity contribution in [2.75, 3.05) is 26.8 Å². The van der Waals surface area contributed by atoms with Crippen LogP contribution in [0, 0.1) is 0 Å². The van der Waals surface area contributed by atoms with Crippen molar-refractivity contribution in [2.24, 2.45) is 0 Å². The predicted molar refractivity (Wildman–Crippen MR) is 55.9 cm³/mol. The van der Waals surface area contributed by atoms with Crippen LogP contribution < -0.4 is 5.32 Å². The molecule has 0 amide bonds. The van der Waals surface area contributed by atoms with Crippen molar-refractivity contribution in [3.05, 3.63) is 11.7 Å². The van der Waals surface area contributed by atoms with Gasteiger partial charge >= 0.3 is 0 Å². The average molecular weight is 227 g/mol. The molecule has 1 aromatic rings. The van der Waals surface area contributed by atoms with Crippen molar-refractivity contribution in [1.29, 1.82) is 0 Å². The molecule has 1 aliphatic rings. The number of piperidine rings is 1. The zero-order valence-electron chi connectivity index (χ0n) is 9.40. The molecule has 6 heteroatoms. The zero-order chi connectivity index (χ0) is 11.4. The minimum atomic E-state index is -0.955. The number of nitrogens with zero attached hydrogens (tertiary/aromatic N) is 2. The van der Waals surface area contributed by atoms with Gasteiger partial charge in [-0.25, -0.2) is 0 Å². The first kappa shape index (κ1) is 11.5. The van der Waals surface area contributed by atoms with E-state index in [2.05, 4.69) is 15.5 Å². The van der Waals surface area contributed by atoms with Gasteiger partial charge in [0.25, 0.3) is 5.89 Å². The molecule has 1 aromatic heterocycles. The van der Waals surface area contributed by atoms with Gasteiger partial charge in [0, 0.05) is 13.5 Å². The van der Waals surface area contributed by atoms with Gasteiger partial charge in [0.05, 0.1) is 6.61 Å². The molecular weight excluding hydrogens is 210 g/mol. The third-order valence-corrected chi connectivity index (χ3v) is 2.83. The van der Waals surface area contributed by atoms with Gasteiger partial charge in [0.2, 0.25) is 0 Å². The van der Waals surface area contributed by atoms with Crippen molar-refractivity contribution >= 4 is 0 Å². The fourth-order valence-corrected chi connectivity index (χ4v) is 1.79. The van der Waals surface area contributed by atoms with E-state index in [9.17, 15) is 5.11 Å². The molecule has 0 bridgehead atoms. The van der Waals surface area contributed by atoms with E-state index in [1.165, 1.54) is 0 Å². The average Bonchev–Trinajstić information content (AvgIpc) is 2.77. The van der Waals surface area contributed by atoms with Crippen LogP contribution in [0.5, 0.6) is 0 Å². The molecule has 2 rings (SSSR count). The summed E-state index contributed by atoms with van der Waals surface area (Å²) in [5, 5.41) is 17.3. The molecule has 0 aromatic carbocycles. The fourth-order valence-electron chi connectivity index (χ4n) is 1.79. The lowest BCUT2D eigenvalue weighted by molar-refractivity contribution is -0.0228. The largest absolute Gasteiger partial charge is 0.384 e. The van der Waals surface area contributed by atoms with Gasteiger partial charge in [-0.1, -0.05) is 5.16 Å². The quantitative estimate of drug-likeness (QED) is 0.743. The van der Waals surface area contributed by atoms with Crippen LogP contribution in [0.1, 0.15) is 24.6 Å². The minimum Gasteiger partial charge on any atom is -0.384 e. The van der Waals surface area contributed by atoms with Crippen LogP contribution in [0.25, 0.3) is 0 Å². The van der Waals surface area contributed by atoms with E-state index in [0.717, 1.165) is 13.1 Å². The summed E-state index contributed by atoms with van der Waals surface area (Å²) in [5.41, 5.74) is -0.955. The number of methoxy groups -OCH3 is 1. The topological polar surface area (TPSA) is 80.4 Å². The van der Waals surface area contributed by atoms with Crippen LogP contribution in [-0.2, 0) is 16.8 Å². The van der Waals surface area contributed by atoms with Crippen LogP contribution in [0.4, 0.5) is 0 Å². The molecule has 1 saturated heterocycles. The monoisotopic (exact) mass is 227 g/mol. The second kappa shape index (κ2) is 4.90. The maximum Gasteiger partial charge on any atom is 0.258 e. The Morgan fingerprint density at radius 1 is 1.50 bits per heavy atom. The third-order valence-electron chi connectivity index (χ3n) is 2.83. The Morgan fingerprint density at radius 3 is 2.94 bits per heavy atom. The first-order valence-corrected chi connectivity index (χ1v) is 5.50. The number of hydrogen-bond acceptors (Lipinski definition) is 6. The van der Waals surface area contributed by atoms with Gasteiger partial charge in [0.1, 0.15) is 5.60 Å². The number of aliphatic hydroxyl groups is 1. The number of nitrogens with one attached hydrogen (secondary N) is 1. The van der Waals surface area contributed by atoms with Crippen molar-refractivity contribution in [1.82, 2.24) is 15.5 Å². The number of rotatable bonds is 4. The predicted octanol–water partition coefficient (Wildman–Crippen LogP) is -0.171. The van der Waals surface area contributed by atoms with Gasteiger partial charge in [-0.15, -0.1) is 0 Å². The SMILES string of the molecule is COCCc1noc(C2(O)CCNCC2)n1. The summed E-state index contributed by atoms with van der Waals surface area (Å²) >= 11 is 0. The molecule has 0 unspecified atom stereocenters. The van der Waals surface area contributed by atoms with E-state index in [-0.39, 0.29) is 0 Å². The van der Waals surface area contributed by atoms with E-state index in [1.807, 2.05) is 0 Å². The molecule has 2 N–H and O–H groups in total. The van der Waals surface area contributed by atoms with Crippen molar-refractivity contribution in [3.63, 3.8) is 0 Å². The Kier molecular flexibility index (Phi) is 3.52. The highest BCUT2D eigenvalue weighted by molar-refractivity contribution is 5.01. The lowest BCUT2D eigenvalue weighted by Gasteiger charge is -2.28. The summed E-state index contributed by atoms with van der Waals surface area (Å²) in [6.07, 6.45) is 1.83. The summed E-state index contributed by atoms with van der Waals surface area (Å²) in [6, 6.07) is 0. The first-order chi connectivity index (χ1) is 7.74. The second-order valence-corrected chi connectivity index (χ2v) is 4.04. The smallest absolute Gasteiger partial charge is 0.258 e. The zero-order valence-corrected chi connectivity index (χ0v) is 9.40. The van der Waals surface area contributed by atoms with Crippen molar-refractivity contribution in [3.8, 4) is 0 Å². The summed E-state index contributed by atoms with van der Waals surface area (Å²) < 4.78 is 10.0. The third kappa shape index (κ3) is 2.40. The molecule has 0 atom stereocenters. The molecule has 6 nitrogen and oxygen atoms in total. The molecule has 0 saturated carbocycles. The normalized spacial score (nSPS) is 19.9.